The van der Waals surface area contributed by atoms with Crippen LogP contribution in [0.3, 0.4) is 0 Å². The maximum Gasteiger partial charge on any atom is 0.301 e. The lowest BCUT2D eigenvalue weighted by Gasteiger charge is -2.16. The number of nitrogens with zero attached hydrogens (tertiary/aromatic N) is 1. The average Bonchev–Trinajstić information content (AvgIpc) is 2.28. The summed E-state index contributed by atoms with van der Waals surface area (Å²) < 4.78 is 31.9. The van der Waals surface area contributed by atoms with Gasteiger partial charge < -0.3 is 10.5 Å². The zero-order valence-electron chi connectivity index (χ0n) is 10.3. The van der Waals surface area contributed by atoms with Crippen LogP contribution in [0.2, 0.25) is 0 Å². The van der Waals surface area contributed by atoms with Gasteiger partial charge in [0.15, 0.2) is 0 Å². The SMILES string of the molecule is COc1cc(C(N)=S)ccc1NS(=O)(=O)N(C)C. The molecule has 1 aromatic carbocycles. The largest absolute Gasteiger partial charge is 0.495 e. The van der Waals surface area contributed by atoms with Crippen molar-refractivity contribution >= 4 is 33.1 Å². The van der Waals surface area contributed by atoms with E-state index in [0.717, 1.165) is 4.31 Å². The monoisotopic (exact) mass is 289 g/mol. The molecular formula is C10H15N3O3S2. The molecule has 0 aromatic heterocycles. The Hall–Kier alpha value is -1.38. The molecule has 1 rings (SSSR count). The zero-order chi connectivity index (χ0) is 13.9. The van der Waals surface area contributed by atoms with E-state index in [4.69, 9.17) is 22.7 Å². The van der Waals surface area contributed by atoms with Crippen molar-refractivity contribution < 1.29 is 13.2 Å². The predicted molar refractivity (Wildman–Crippen MR) is 75.1 cm³/mol. The van der Waals surface area contributed by atoms with Crippen molar-refractivity contribution in [1.29, 1.82) is 0 Å². The Labute approximate surface area is 112 Å². The highest BCUT2D eigenvalue weighted by atomic mass is 32.2. The summed E-state index contributed by atoms with van der Waals surface area (Å²) in [4.78, 5) is 0.218. The van der Waals surface area contributed by atoms with Gasteiger partial charge in [-0.1, -0.05) is 12.2 Å². The van der Waals surface area contributed by atoms with Crippen molar-refractivity contribution in [3.05, 3.63) is 23.8 Å². The van der Waals surface area contributed by atoms with Crippen molar-refractivity contribution in [2.24, 2.45) is 5.73 Å². The molecule has 3 N–H and O–H groups in total. The summed E-state index contributed by atoms with van der Waals surface area (Å²) in [6.07, 6.45) is 0. The molecule has 0 unspecified atom stereocenters. The lowest BCUT2D eigenvalue weighted by molar-refractivity contribution is 0.416. The van der Waals surface area contributed by atoms with Crippen LogP contribution >= 0.6 is 12.2 Å². The topological polar surface area (TPSA) is 84.7 Å². The summed E-state index contributed by atoms with van der Waals surface area (Å²) in [7, 11) is 0.716. The molecule has 0 bridgehead atoms. The summed E-state index contributed by atoms with van der Waals surface area (Å²) in [5.41, 5.74) is 6.42. The minimum atomic E-state index is -3.58. The third-order valence-electron chi connectivity index (χ3n) is 2.21. The lowest BCUT2D eigenvalue weighted by Crippen LogP contribution is -2.29. The molecule has 0 fully saturated rings. The van der Waals surface area contributed by atoms with Gasteiger partial charge in [-0.25, -0.2) is 0 Å². The van der Waals surface area contributed by atoms with Crippen molar-refractivity contribution in [3.8, 4) is 5.75 Å². The fraction of sp³-hybridized carbons (Fsp3) is 0.300. The molecule has 6 nitrogen and oxygen atoms in total. The molecule has 0 aliphatic heterocycles. The van der Waals surface area contributed by atoms with E-state index in [1.807, 2.05) is 0 Å². The predicted octanol–water partition coefficient (Wildman–Crippen LogP) is 0.548. The third kappa shape index (κ3) is 3.31. The molecule has 0 saturated carbocycles. The fourth-order valence-corrected chi connectivity index (χ4v) is 1.92. The first kappa shape index (κ1) is 14.7. The first-order valence-electron chi connectivity index (χ1n) is 4.96. The minimum Gasteiger partial charge on any atom is -0.495 e. The van der Waals surface area contributed by atoms with Crippen LogP contribution in [-0.2, 0) is 10.2 Å². The normalized spacial score (nSPS) is 11.3. The number of nitrogens with two attached hydrogens (primary N) is 1. The van der Waals surface area contributed by atoms with Gasteiger partial charge >= 0.3 is 10.2 Å². The Kier molecular flexibility index (Phi) is 4.49. The Morgan fingerprint density at radius 2 is 2.06 bits per heavy atom. The molecule has 18 heavy (non-hydrogen) atoms. The molecule has 0 saturated heterocycles. The van der Waals surface area contributed by atoms with E-state index in [9.17, 15) is 8.42 Å². The standard InChI is InChI=1S/C10H15N3O3S2/c1-13(2)18(14,15)12-8-5-4-7(10(11)17)6-9(8)16-3/h4-6,12H,1-3H3,(H2,11,17). The van der Waals surface area contributed by atoms with Gasteiger partial charge in [-0.2, -0.15) is 12.7 Å². The van der Waals surface area contributed by atoms with E-state index in [-0.39, 0.29) is 4.99 Å². The maximum absolute atomic E-state index is 11.7. The van der Waals surface area contributed by atoms with Crippen LogP contribution in [0, 0.1) is 0 Å². The van der Waals surface area contributed by atoms with Crippen LogP contribution in [0.5, 0.6) is 5.75 Å². The summed E-state index contributed by atoms with van der Waals surface area (Å²) in [5.74, 6) is 0.353. The van der Waals surface area contributed by atoms with Crippen LogP contribution in [0.25, 0.3) is 0 Å². The number of ether oxygens (including phenoxy) is 1. The third-order valence-corrected chi connectivity index (χ3v) is 3.88. The van der Waals surface area contributed by atoms with Gasteiger partial charge in [0.05, 0.1) is 12.8 Å². The zero-order valence-corrected chi connectivity index (χ0v) is 11.9. The van der Waals surface area contributed by atoms with E-state index in [1.54, 1.807) is 18.2 Å². The van der Waals surface area contributed by atoms with Gasteiger partial charge in [0, 0.05) is 19.7 Å². The highest BCUT2D eigenvalue weighted by molar-refractivity contribution is 7.90. The maximum atomic E-state index is 11.7. The number of methoxy groups -OCH3 is 1. The molecule has 0 aliphatic rings. The fourth-order valence-electron chi connectivity index (χ4n) is 1.16. The molecular weight excluding hydrogens is 274 g/mol. The second kappa shape index (κ2) is 5.51. The molecule has 0 spiro atoms. The van der Waals surface area contributed by atoms with Gasteiger partial charge in [-0.15, -0.1) is 0 Å². The average molecular weight is 289 g/mol. The summed E-state index contributed by atoms with van der Waals surface area (Å²) in [5, 5.41) is 0. The molecule has 0 atom stereocenters. The van der Waals surface area contributed by atoms with Crippen molar-refractivity contribution in [2.75, 3.05) is 25.9 Å². The van der Waals surface area contributed by atoms with Crippen LogP contribution in [-0.4, -0.2) is 38.9 Å². The Balaban J connectivity index is 3.15. The van der Waals surface area contributed by atoms with Crippen molar-refractivity contribution in [1.82, 2.24) is 4.31 Å². The van der Waals surface area contributed by atoms with Crippen LogP contribution in [0.4, 0.5) is 5.69 Å². The van der Waals surface area contributed by atoms with Gasteiger partial charge in [0.2, 0.25) is 0 Å². The Bertz CT molecular complexity index is 555. The van der Waals surface area contributed by atoms with Crippen LogP contribution < -0.4 is 15.2 Å². The van der Waals surface area contributed by atoms with Crippen molar-refractivity contribution in [2.45, 2.75) is 0 Å². The van der Waals surface area contributed by atoms with Crippen molar-refractivity contribution in [3.63, 3.8) is 0 Å². The highest BCUT2D eigenvalue weighted by Crippen LogP contribution is 2.26. The molecule has 100 valence electrons. The summed E-state index contributed by atoms with van der Waals surface area (Å²) in [6.45, 7) is 0. The number of rotatable bonds is 5. The second-order valence-electron chi connectivity index (χ2n) is 3.67. The number of benzene rings is 1. The van der Waals surface area contributed by atoms with E-state index in [1.165, 1.54) is 21.2 Å². The number of thiocarbonyl (C=S) groups is 1. The summed E-state index contributed by atoms with van der Waals surface area (Å²) in [6, 6.07) is 4.75. The van der Waals surface area contributed by atoms with Crippen LogP contribution in [0.15, 0.2) is 18.2 Å². The smallest absolute Gasteiger partial charge is 0.301 e. The van der Waals surface area contributed by atoms with E-state index >= 15 is 0 Å². The number of nitrogens with one attached hydrogen (secondary N) is 1. The molecule has 1 aromatic rings. The Morgan fingerprint density at radius 1 is 1.44 bits per heavy atom. The molecule has 0 amide bonds. The highest BCUT2D eigenvalue weighted by Gasteiger charge is 2.16. The van der Waals surface area contributed by atoms with E-state index in [0.29, 0.717) is 17.0 Å². The molecule has 0 heterocycles. The minimum absolute atomic E-state index is 0.218. The molecule has 8 heteroatoms. The number of anilines is 1. The van der Waals surface area contributed by atoms with Gasteiger partial charge in [0.1, 0.15) is 10.7 Å². The number of hydrogen-bond donors (Lipinski definition) is 2. The van der Waals surface area contributed by atoms with Crippen LogP contribution in [0.1, 0.15) is 5.56 Å². The van der Waals surface area contributed by atoms with Gasteiger partial charge in [-0.3, -0.25) is 4.72 Å². The Morgan fingerprint density at radius 3 is 2.50 bits per heavy atom. The summed E-state index contributed by atoms with van der Waals surface area (Å²) >= 11 is 4.84. The number of hydrogen-bond acceptors (Lipinski definition) is 4. The van der Waals surface area contributed by atoms with Gasteiger partial charge in [0.25, 0.3) is 0 Å². The van der Waals surface area contributed by atoms with Gasteiger partial charge in [-0.05, 0) is 18.2 Å². The molecule has 0 aliphatic carbocycles. The lowest BCUT2D eigenvalue weighted by atomic mass is 10.2. The van der Waals surface area contributed by atoms with E-state index in [2.05, 4.69) is 4.72 Å². The first-order valence-corrected chi connectivity index (χ1v) is 6.81. The molecule has 0 radical (unpaired) electrons. The first-order chi connectivity index (χ1) is 8.27. The quantitative estimate of drug-likeness (QED) is 0.773. The van der Waals surface area contributed by atoms with E-state index < -0.39 is 10.2 Å². The second-order valence-corrected chi connectivity index (χ2v) is 5.99.